The molecule has 0 radical (unpaired) electrons. The van der Waals surface area contributed by atoms with E-state index in [1.54, 1.807) is 11.3 Å². The van der Waals surface area contributed by atoms with E-state index in [1.807, 2.05) is 13.1 Å². The smallest absolute Gasteiger partial charge is 0.191 e. The lowest BCUT2D eigenvalue weighted by Gasteiger charge is -2.10. The van der Waals surface area contributed by atoms with Gasteiger partial charge in [0.25, 0.3) is 0 Å². The second-order valence-corrected chi connectivity index (χ2v) is 5.68. The maximum atomic E-state index is 4.56. The minimum absolute atomic E-state index is 0.714. The predicted octanol–water partition coefficient (Wildman–Crippen LogP) is 1.92. The van der Waals surface area contributed by atoms with Crippen molar-refractivity contribution in [3.8, 4) is 0 Å². The molecular weight excluding hydrogens is 232 g/mol. The van der Waals surface area contributed by atoms with Crippen molar-refractivity contribution in [2.24, 2.45) is 10.9 Å². The zero-order valence-electron chi connectivity index (χ0n) is 10.5. The number of nitrogens with zero attached hydrogens (tertiary/aromatic N) is 2. The number of nitrogens with one attached hydrogen (secondary N) is 2. The van der Waals surface area contributed by atoms with Gasteiger partial charge in [0.15, 0.2) is 5.96 Å². The van der Waals surface area contributed by atoms with Crippen LogP contribution in [0.3, 0.4) is 0 Å². The van der Waals surface area contributed by atoms with Crippen LogP contribution in [0.15, 0.2) is 11.2 Å². The van der Waals surface area contributed by atoms with Crippen LogP contribution in [0.5, 0.6) is 0 Å². The van der Waals surface area contributed by atoms with Gasteiger partial charge < -0.3 is 10.6 Å². The first-order valence-corrected chi connectivity index (χ1v) is 7.03. The number of aliphatic imine (C=N–C) groups is 1. The Hall–Kier alpha value is -1.10. The summed E-state index contributed by atoms with van der Waals surface area (Å²) in [5.74, 6) is 1.79. The summed E-state index contributed by atoms with van der Waals surface area (Å²) in [5.41, 5.74) is 0. The van der Waals surface area contributed by atoms with Gasteiger partial charge in [-0.1, -0.05) is 0 Å². The monoisotopic (exact) mass is 252 g/mol. The van der Waals surface area contributed by atoms with Crippen LogP contribution in [0.4, 0.5) is 0 Å². The lowest BCUT2D eigenvalue weighted by atomic mass is 10.4. The van der Waals surface area contributed by atoms with Crippen LogP contribution in [-0.2, 0) is 6.54 Å². The van der Waals surface area contributed by atoms with Crippen LogP contribution in [0.1, 0.15) is 29.7 Å². The van der Waals surface area contributed by atoms with E-state index in [2.05, 4.69) is 27.5 Å². The molecule has 0 amide bonds. The summed E-state index contributed by atoms with van der Waals surface area (Å²) in [6.45, 7) is 6.77. The molecule has 0 spiro atoms. The molecule has 5 heteroatoms. The number of thiazole rings is 1. The maximum absolute atomic E-state index is 4.56. The van der Waals surface area contributed by atoms with Crippen molar-refractivity contribution in [1.82, 2.24) is 15.6 Å². The van der Waals surface area contributed by atoms with Gasteiger partial charge in [0, 0.05) is 24.2 Å². The summed E-state index contributed by atoms with van der Waals surface area (Å²) < 4.78 is 0. The Balaban J connectivity index is 1.84. The Morgan fingerprint density at radius 2 is 2.35 bits per heavy atom. The highest BCUT2D eigenvalue weighted by atomic mass is 32.1. The molecule has 1 saturated carbocycles. The van der Waals surface area contributed by atoms with Crippen molar-refractivity contribution in [1.29, 1.82) is 0 Å². The highest BCUT2D eigenvalue weighted by molar-refractivity contribution is 7.11. The predicted molar refractivity (Wildman–Crippen MR) is 72.4 cm³/mol. The maximum Gasteiger partial charge on any atom is 0.191 e. The quantitative estimate of drug-likeness (QED) is 0.622. The van der Waals surface area contributed by atoms with Crippen molar-refractivity contribution in [3.05, 3.63) is 16.1 Å². The summed E-state index contributed by atoms with van der Waals surface area (Å²) in [4.78, 5) is 10.0. The normalized spacial score (nSPS) is 16.0. The van der Waals surface area contributed by atoms with Gasteiger partial charge >= 0.3 is 0 Å². The molecule has 2 rings (SSSR count). The Kier molecular flexibility index (Phi) is 4.36. The van der Waals surface area contributed by atoms with Gasteiger partial charge in [-0.3, -0.25) is 0 Å². The van der Waals surface area contributed by atoms with E-state index >= 15 is 0 Å². The third-order valence-corrected chi connectivity index (χ3v) is 3.56. The van der Waals surface area contributed by atoms with Crippen molar-refractivity contribution in [2.45, 2.75) is 33.2 Å². The molecule has 0 atom stereocenters. The minimum Gasteiger partial charge on any atom is -0.357 e. The molecule has 0 saturated heterocycles. The molecule has 2 N–H and O–H groups in total. The number of rotatable bonds is 5. The summed E-state index contributed by atoms with van der Waals surface area (Å²) >= 11 is 1.71. The number of hydrogen-bond donors (Lipinski definition) is 2. The molecule has 1 heterocycles. The van der Waals surface area contributed by atoms with Gasteiger partial charge in [0.2, 0.25) is 0 Å². The minimum atomic E-state index is 0.714. The lowest BCUT2D eigenvalue weighted by molar-refractivity contribution is 0.739. The van der Waals surface area contributed by atoms with Gasteiger partial charge in [0.1, 0.15) is 0 Å². The summed E-state index contributed by atoms with van der Waals surface area (Å²) in [6, 6.07) is 0. The van der Waals surface area contributed by atoms with Crippen LogP contribution >= 0.6 is 11.3 Å². The van der Waals surface area contributed by atoms with Gasteiger partial charge in [0.05, 0.1) is 11.6 Å². The fraction of sp³-hybridized carbons (Fsp3) is 0.667. The summed E-state index contributed by atoms with van der Waals surface area (Å²) in [6.07, 6.45) is 4.63. The molecule has 1 aromatic rings. The molecule has 0 aromatic carbocycles. The Morgan fingerprint density at radius 1 is 1.53 bits per heavy atom. The van der Waals surface area contributed by atoms with Gasteiger partial charge in [-0.25, -0.2) is 9.98 Å². The first-order valence-electron chi connectivity index (χ1n) is 6.21. The van der Waals surface area contributed by atoms with Gasteiger partial charge in [-0.15, -0.1) is 11.3 Å². The average molecular weight is 252 g/mol. The fourth-order valence-corrected chi connectivity index (χ4v) is 2.26. The number of hydrogen-bond acceptors (Lipinski definition) is 3. The van der Waals surface area contributed by atoms with Gasteiger partial charge in [-0.05, 0) is 32.6 Å². The average Bonchev–Trinajstić information content (AvgIpc) is 3.05. The molecule has 17 heavy (non-hydrogen) atoms. The largest absolute Gasteiger partial charge is 0.357 e. The van der Waals surface area contributed by atoms with E-state index in [1.165, 1.54) is 17.7 Å². The number of aryl methyl sites for hydroxylation is 1. The molecule has 1 aromatic heterocycles. The molecule has 1 aliphatic rings. The second-order valence-electron chi connectivity index (χ2n) is 4.37. The van der Waals surface area contributed by atoms with Crippen molar-refractivity contribution in [3.63, 3.8) is 0 Å². The van der Waals surface area contributed by atoms with Crippen molar-refractivity contribution < 1.29 is 0 Å². The van der Waals surface area contributed by atoms with Crippen LogP contribution in [0.25, 0.3) is 0 Å². The topological polar surface area (TPSA) is 49.3 Å². The van der Waals surface area contributed by atoms with Crippen LogP contribution in [0, 0.1) is 12.8 Å². The van der Waals surface area contributed by atoms with Crippen molar-refractivity contribution >= 4 is 17.3 Å². The van der Waals surface area contributed by atoms with E-state index in [0.717, 1.165) is 30.0 Å². The molecule has 1 aliphatic carbocycles. The zero-order valence-corrected chi connectivity index (χ0v) is 11.3. The second kappa shape index (κ2) is 6.00. The summed E-state index contributed by atoms with van der Waals surface area (Å²) in [5, 5.41) is 7.75. The highest BCUT2D eigenvalue weighted by Crippen LogP contribution is 2.27. The van der Waals surface area contributed by atoms with Crippen LogP contribution in [0.2, 0.25) is 0 Å². The fourth-order valence-electron chi connectivity index (χ4n) is 1.54. The van der Waals surface area contributed by atoms with E-state index in [9.17, 15) is 0 Å². The number of aromatic nitrogens is 1. The van der Waals surface area contributed by atoms with E-state index in [-0.39, 0.29) is 0 Å². The SMILES string of the molecule is CCNC(=NCc1cnc(C)s1)NCC1CC1. The van der Waals surface area contributed by atoms with E-state index in [4.69, 9.17) is 0 Å². The van der Waals surface area contributed by atoms with E-state index < -0.39 is 0 Å². The highest BCUT2D eigenvalue weighted by Gasteiger charge is 2.20. The van der Waals surface area contributed by atoms with Gasteiger partial charge in [-0.2, -0.15) is 0 Å². The number of guanidine groups is 1. The molecule has 4 nitrogen and oxygen atoms in total. The van der Waals surface area contributed by atoms with Crippen molar-refractivity contribution in [2.75, 3.05) is 13.1 Å². The van der Waals surface area contributed by atoms with Crippen LogP contribution < -0.4 is 10.6 Å². The molecule has 0 aliphatic heterocycles. The molecule has 0 unspecified atom stereocenters. The molecule has 94 valence electrons. The summed E-state index contributed by atoms with van der Waals surface area (Å²) in [7, 11) is 0. The first kappa shape index (κ1) is 12.4. The molecule has 1 fully saturated rings. The standard InChI is InChI=1S/C12H20N4S/c1-3-13-12(15-6-10-4-5-10)16-8-11-7-14-9(2)17-11/h7,10H,3-6,8H2,1-2H3,(H2,13,15,16). The Bertz CT molecular complexity index is 382. The third kappa shape index (κ3) is 4.34. The van der Waals surface area contributed by atoms with Crippen LogP contribution in [-0.4, -0.2) is 24.0 Å². The Morgan fingerprint density at radius 3 is 2.94 bits per heavy atom. The molecule has 0 bridgehead atoms. The first-order chi connectivity index (χ1) is 8.28. The van der Waals surface area contributed by atoms with E-state index in [0.29, 0.717) is 6.54 Å². The Labute approximate surface area is 107 Å². The molecular formula is C12H20N4S. The third-order valence-electron chi connectivity index (χ3n) is 2.66. The lowest BCUT2D eigenvalue weighted by Crippen LogP contribution is -2.38. The zero-order chi connectivity index (χ0) is 12.1.